The van der Waals surface area contributed by atoms with E-state index in [1.165, 1.54) is 4.90 Å². The molecule has 22 heavy (non-hydrogen) atoms. The number of fused-ring (bicyclic) bond motifs is 1. The van der Waals surface area contributed by atoms with Crippen molar-refractivity contribution in [1.29, 1.82) is 0 Å². The first-order chi connectivity index (χ1) is 10.3. The van der Waals surface area contributed by atoms with Gasteiger partial charge in [0, 0.05) is 32.5 Å². The fourth-order valence-electron chi connectivity index (χ4n) is 2.30. The molecule has 122 valence electrons. The quantitative estimate of drug-likeness (QED) is 0.783. The number of aryl methyl sites for hydroxylation is 1. The Hall–Kier alpha value is -1.66. The third-order valence-corrected chi connectivity index (χ3v) is 3.76. The van der Waals surface area contributed by atoms with Crippen LogP contribution in [0.5, 0.6) is 5.75 Å². The van der Waals surface area contributed by atoms with Gasteiger partial charge in [0.05, 0.1) is 18.8 Å². The van der Waals surface area contributed by atoms with Gasteiger partial charge in [-0.2, -0.15) is 0 Å². The van der Waals surface area contributed by atoms with Gasteiger partial charge in [-0.25, -0.2) is 9.36 Å². The van der Waals surface area contributed by atoms with E-state index < -0.39 is 6.09 Å². The van der Waals surface area contributed by atoms with E-state index >= 15 is 0 Å². The van der Waals surface area contributed by atoms with E-state index in [0.717, 1.165) is 16.8 Å². The summed E-state index contributed by atoms with van der Waals surface area (Å²) >= 11 is 0. The zero-order valence-electron chi connectivity index (χ0n) is 14.2. The molecule has 1 aromatic rings. The molecule has 0 fully saturated rings. The van der Waals surface area contributed by atoms with E-state index in [9.17, 15) is 4.79 Å². The van der Waals surface area contributed by atoms with E-state index in [2.05, 4.69) is 13.8 Å². The number of rotatable bonds is 2. The normalized spacial score (nSPS) is 17.9. The third-order valence-electron chi connectivity index (χ3n) is 3.76. The standard InChI is InChI=1S/C16H25N2O4/c1-10(2)15-20-8-12-7-18(6)11(3)14(13(12)9-21-15)22-16(19)17(4)5/h7,10,15H,8-9H2,1-6H3/q+1. The van der Waals surface area contributed by atoms with Crippen LogP contribution < -0.4 is 9.30 Å². The summed E-state index contributed by atoms with van der Waals surface area (Å²) in [5, 5.41) is 0. The Bertz CT molecular complexity index is 570. The molecule has 0 saturated carbocycles. The van der Waals surface area contributed by atoms with Crippen LogP contribution in [0.2, 0.25) is 0 Å². The van der Waals surface area contributed by atoms with Crippen LogP contribution in [0.15, 0.2) is 6.20 Å². The van der Waals surface area contributed by atoms with Crippen molar-refractivity contribution in [3.05, 3.63) is 23.0 Å². The zero-order valence-corrected chi connectivity index (χ0v) is 14.2. The average Bonchev–Trinajstić information content (AvgIpc) is 2.65. The second-order valence-electron chi connectivity index (χ2n) is 6.16. The number of hydrogen-bond donors (Lipinski definition) is 0. The topological polar surface area (TPSA) is 51.9 Å². The predicted octanol–water partition coefficient (Wildman–Crippen LogP) is 1.91. The highest BCUT2D eigenvalue weighted by Gasteiger charge is 2.28. The molecule has 0 N–H and O–H groups in total. The summed E-state index contributed by atoms with van der Waals surface area (Å²) in [7, 11) is 5.25. The van der Waals surface area contributed by atoms with E-state index in [-0.39, 0.29) is 12.2 Å². The van der Waals surface area contributed by atoms with Crippen LogP contribution in [0.25, 0.3) is 0 Å². The number of ether oxygens (including phenoxy) is 3. The lowest BCUT2D eigenvalue weighted by molar-refractivity contribution is -0.678. The number of pyridine rings is 1. The van der Waals surface area contributed by atoms with E-state index in [0.29, 0.717) is 19.0 Å². The van der Waals surface area contributed by atoms with Gasteiger partial charge >= 0.3 is 6.09 Å². The first-order valence-corrected chi connectivity index (χ1v) is 7.44. The van der Waals surface area contributed by atoms with Crippen molar-refractivity contribution in [3.8, 4) is 5.75 Å². The van der Waals surface area contributed by atoms with E-state index in [4.69, 9.17) is 14.2 Å². The Morgan fingerprint density at radius 3 is 2.59 bits per heavy atom. The minimum absolute atomic E-state index is 0.254. The summed E-state index contributed by atoms with van der Waals surface area (Å²) in [4.78, 5) is 13.3. The van der Waals surface area contributed by atoms with Gasteiger partial charge in [-0.3, -0.25) is 0 Å². The molecule has 0 saturated heterocycles. The molecule has 0 aliphatic carbocycles. The third kappa shape index (κ3) is 3.39. The minimum atomic E-state index is -0.401. The number of carbonyl (C=O) groups is 1. The van der Waals surface area contributed by atoms with Crippen LogP contribution in [0.4, 0.5) is 4.79 Å². The second kappa shape index (κ2) is 6.62. The molecule has 0 bridgehead atoms. The Kier molecular flexibility index (Phi) is 5.03. The molecule has 1 atom stereocenters. The zero-order chi connectivity index (χ0) is 16.4. The predicted molar refractivity (Wildman–Crippen MR) is 80.3 cm³/mol. The van der Waals surface area contributed by atoms with Crippen molar-refractivity contribution in [2.24, 2.45) is 13.0 Å². The molecule has 1 aliphatic heterocycles. The number of nitrogens with zero attached hydrogens (tertiary/aromatic N) is 2. The van der Waals surface area contributed by atoms with Gasteiger partial charge < -0.3 is 19.1 Å². The van der Waals surface area contributed by atoms with Gasteiger partial charge in [-0.1, -0.05) is 13.8 Å². The fraction of sp³-hybridized carbons (Fsp3) is 0.625. The van der Waals surface area contributed by atoms with Crippen molar-refractivity contribution in [3.63, 3.8) is 0 Å². The highest BCUT2D eigenvalue weighted by molar-refractivity contribution is 5.70. The Morgan fingerprint density at radius 1 is 1.36 bits per heavy atom. The SMILES string of the molecule is Cc1c(OC(=O)N(C)C)c2c(c[n+]1C)COC(C(C)C)OC2. The lowest BCUT2D eigenvalue weighted by Crippen LogP contribution is -2.35. The van der Waals surface area contributed by atoms with Crippen LogP contribution in [0.1, 0.15) is 30.7 Å². The van der Waals surface area contributed by atoms with Crippen LogP contribution in [-0.4, -0.2) is 31.4 Å². The summed E-state index contributed by atoms with van der Waals surface area (Å²) in [6.07, 6.45) is 1.35. The molecule has 2 heterocycles. The van der Waals surface area contributed by atoms with Crippen molar-refractivity contribution < 1.29 is 23.6 Å². The largest absolute Gasteiger partial charge is 0.414 e. The lowest BCUT2D eigenvalue weighted by atomic mass is 10.1. The summed E-state index contributed by atoms with van der Waals surface area (Å²) in [6, 6.07) is 0. The highest BCUT2D eigenvalue weighted by atomic mass is 16.7. The first kappa shape index (κ1) is 16.7. The van der Waals surface area contributed by atoms with Gasteiger partial charge in [-0.15, -0.1) is 0 Å². The maximum absolute atomic E-state index is 11.9. The van der Waals surface area contributed by atoms with Gasteiger partial charge in [0.15, 0.2) is 12.5 Å². The van der Waals surface area contributed by atoms with Gasteiger partial charge in [0.2, 0.25) is 11.4 Å². The van der Waals surface area contributed by atoms with E-state index in [1.807, 2.05) is 24.7 Å². The molecule has 1 aliphatic rings. The molecular formula is C16H25N2O4+. The minimum Gasteiger partial charge on any atom is -0.403 e. The van der Waals surface area contributed by atoms with Crippen LogP contribution in [0.3, 0.4) is 0 Å². The highest BCUT2D eigenvalue weighted by Crippen LogP contribution is 2.30. The van der Waals surface area contributed by atoms with E-state index in [1.54, 1.807) is 14.1 Å². The molecule has 2 rings (SSSR count). The molecule has 0 aromatic carbocycles. The van der Waals surface area contributed by atoms with Crippen molar-refractivity contribution in [1.82, 2.24) is 4.90 Å². The van der Waals surface area contributed by atoms with Gasteiger partial charge in [0.25, 0.3) is 0 Å². The Morgan fingerprint density at radius 2 is 2.00 bits per heavy atom. The number of hydrogen-bond acceptors (Lipinski definition) is 4. The molecule has 1 amide bonds. The second-order valence-corrected chi connectivity index (χ2v) is 6.16. The summed E-state index contributed by atoms with van der Waals surface area (Å²) in [6.45, 7) is 6.84. The van der Waals surface area contributed by atoms with Crippen molar-refractivity contribution in [2.45, 2.75) is 40.3 Å². The molecule has 0 spiro atoms. The number of aromatic nitrogens is 1. The summed E-state index contributed by atoms with van der Waals surface area (Å²) < 4.78 is 19.1. The molecule has 1 unspecified atom stereocenters. The fourth-order valence-corrected chi connectivity index (χ4v) is 2.30. The Labute approximate surface area is 131 Å². The lowest BCUT2D eigenvalue weighted by Gasteiger charge is -2.18. The summed E-state index contributed by atoms with van der Waals surface area (Å²) in [5.41, 5.74) is 2.74. The smallest absolute Gasteiger partial charge is 0.403 e. The number of amides is 1. The van der Waals surface area contributed by atoms with Gasteiger partial charge in [0.1, 0.15) is 7.05 Å². The monoisotopic (exact) mass is 309 g/mol. The van der Waals surface area contributed by atoms with Gasteiger partial charge in [-0.05, 0) is 0 Å². The van der Waals surface area contributed by atoms with Crippen molar-refractivity contribution >= 4 is 6.09 Å². The van der Waals surface area contributed by atoms with Crippen LogP contribution in [0, 0.1) is 12.8 Å². The average molecular weight is 309 g/mol. The first-order valence-electron chi connectivity index (χ1n) is 7.44. The molecule has 0 radical (unpaired) electrons. The van der Waals surface area contributed by atoms with Crippen LogP contribution in [-0.2, 0) is 29.7 Å². The summed E-state index contributed by atoms with van der Waals surface area (Å²) in [5.74, 6) is 0.823. The van der Waals surface area contributed by atoms with Crippen LogP contribution >= 0.6 is 0 Å². The molecule has 6 heteroatoms. The maximum atomic E-state index is 11.9. The van der Waals surface area contributed by atoms with Crippen molar-refractivity contribution in [2.75, 3.05) is 14.1 Å². The molecule has 1 aromatic heterocycles. The maximum Gasteiger partial charge on any atom is 0.414 e. The Balaban J connectivity index is 2.39. The number of carbonyl (C=O) groups excluding carboxylic acids is 1. The molecular weight excluding hydrogens is 284 g/mol. The molecule has 6 nitrogen and oxygen atoms in total.